The molecule has 1 aromatic carbocycles. The maximum atomic E-state index is 12.6. The molecule has 1 aromatic heterocycles. The highest BCUT2D eigenvalue weighted by molar-refractivity contribution is 6.04. The normalized spacial score (nSPS) is 18.8. The number of nitrogens with zero attached hydrogens (tertiary/aromatic N) is 4. The highest BCUT2D eigenvalue weighted by atomic mass is 16.1. The quantitative estimate of drug-likeness (QED) is 0.775. The maximum Gasteiger partial charge on any atom is 0.257 e. The van der Waals surface area contributed by atoms with Gasteiger partial charge in [0.25, 0.3) is 5.91 Å². The van der Waals surface area contributed by atoms with Gasteiger partial charge in [0.05, 0.1) is 5.56 Å². The van der Waals surface area contributed by atoms with E-state index < -0.39 is 0 Å². The summed E-state index contributed by atoms with van der Waals surface area (Å²) in [7, 11) is 2.18. The predicted molar refractivity (Wildman–Crippen MR) is 127 cm³/mol. The van der Waals surface area contributed by atoms with Crippen LogP contribution in [0.5, 0.6) is 0 Å². The lowest BCUT2D eigenvalue weighted by Crippen LogP contribution is -2.45. The number of anilines is 2. The summed E-state index contributed by atoms with van der Waals surface area (Å²) in [4.78, 5) is 24.4. The van der Waals surface area contributed by atoms with Crippen molar-refractivity contribution in [1.29, 1.82) is 0 Å². The topological polar surface area (TPSA) is 51.7 Å². The molecular formula is C25H35N5O. The predicted octanol–water partition coefficient (Wildman–Crippen LogP) is 3.36. The van der Waals surface area contributed by atoms with Crippen molar-refractivity contribution < 1.29 is 4.79 Å². The Morgan fingerprint density at radius 2 is 1.71 bits per heavy atom. The molecule has 6 nitrogen and oxygen atoms in total. The molecule has 1 amide bonds. The van der Waals surface area contributed by atoms with E-state index in [1.54, 1.807) is 6.20 Å². The molecule has 0 unspecified atom stereocenters. The van der Waals surface area contributed by atoms with Crippen LogP contribution in [0.3, 0.4) is 0 Å². The number of pyridine rings is 1. The second-order valence-corrected chi connectivity index (χ2v) is 9.12. The second kappa shape index (κ2) is 10.2. The minimum Gasteiger partial charge on any atom is -0.357 e. The molecule has 0 radical (unpaired) electrons. The van der Waals surface area contributed by atoms with E-state index in [9.17, 15) is 4.79 Å². The van der Waals surface area contributed by atoms with Crippen molar-refractivity contribution in [2.45, 2.75) is 26.2 Å². The Labute approximate surface area is 186 Å². The van der Waals surface area contributed by atoms with Crippen LogP contribution in [-0.2, 0) is 6.42 Å². The number of benzene rings is 1. The molecule has 166 valence electrons. The Hall–Kier alpha value is -2.44. The van der Waals surface area contributed by atoms with Crippen LogP contribution in [0.1, 0.15) is 35.7 Å². The molecule has 2 aromatic rings. The summed E-state index contributed by atoms with van der Waals surface area (Å²) in [5.74, 6) is 1.64. The fraction of sp³-hybridized carbons (Fsp3) is 0.520. The first kappa shape index (κ1) is 21.8. The minimum absolute atomic E-state index is 0.114. The monoisotopic (exact) mass is 421 g/mol. The van der Waals surface area contributed by atoms with Gasteiger partial charge in [-0.3, -0.25) is 4.79 Å². The van der Waals surface area contributed by atoms with Crippen molar-refractivity contribution in [1.82, 2.24) is 14.8 Å². The number of hydrogen-bond donors (Lipinski definition) is 1. The SMILES string of the molecule is CC1CCN(c2ccc(C(=O)Nc3ccc(CCN4CCN(C)CC4)cc3)cn2)CC1. The van der Waals surface area contributed by atoms with Crippen molar-refractivity contribution in [2.75, 3.05) is 63.1 Å². The molecule has 0 aliphatic carbocycles. The number of hydrogen-bond acceptors (Lipinski definition) is 5. The number of carbonyl (C=O) groups is 1. The van der Waals surface area contributed by atoms with Gasteiger partial charge in [-0.2, -0.15) is 0 Å². The van der Waals surface area contributed by atoms with Gasteiger partial charge in [0.2, 0.25) is 0 Å². The third-order valence-electron chi connectivity index (χ3n) is 6.64. The van der Waals surface area contributed by atoms with Crippen LogP contribution in [0.25, 0.3) is 0 Å². The Morgan fingerprint density at radius 1 is 1.00 bits per heavy atom. The van der Waals surface area contributed by atoms with E-state index >= 15 is 0 Å². The van der Waals surface area contributed by atoms with Crippen LogP contribution in [0.2, 0.25) is 0 Å². The first-order chi connectivity index (χ1) is 15.1. The Morgan fingerprint density at radius 3 is 2.35 bits per heavy atom. The summed E-state index contributed by atoms with van der Waals surface area (Å²) in [5, 5.41) is 2.99. The summed E-state index contributed by atoms with van der Waals surface area (Å²) < 4.78 is 0. The Bertz CT molecular complexity index is 835. The Balaban J connectivity index is 1.26. The summed E-state index contributed by atoms with van der Waals surface area (Å²) in [6, 6.07) is 12.1. The molecule has 31 heavy (non-hydrogen) atoms. The lowest BCUT2D eigenvalue weighted by atomic mass is 9.99. The van der Waals surface area contributed by atoms with Gasteiger partial charge in [-0.25, -0.2) is 4.98 Å². The third kappa shape index (κ3) is 6.05. The van der Waals surface area contributed by atoms with E-state index in [-0.39, 0.29) is 5.91 Å². The van der Waals surface area contributed by atoms with Crippen molar-refractivity contribution in [3.63, 3.8) is 0 Å². The van der Waals surface area contributed by atoms with Crippen LogP contribution < -0.4 is 10.2 Å². The zero-order valence-electron chi connectivity index (χ0n) is 18.9. The van der Waals surface area contributed by atoms with Crippen LogP contribution in [0, 0.1) is 5.92 Å². The fourth-order valence-corrected chi connectivity index (χ4v) is 4.26. The number of rotatable bonds is 6. The van der Waals surface area contributed by atoms with Crippen LogP contribution in [0.15, 0.2) is 42.6 Å². The highest BCUT2D eigenvalue weighted by Crippen LogP contribution is 2.21. The van der Waals surface area contributed by atoms with Gasteiger partial charge in [-0.05, 0) is 62.1 Å². The molecule has 2 fully saturated rings. The standard InChI is InChI=1S/C25H35N5O/c1-20-9-13-30(14-10-20)24-8-5-22(19-26-24)25(31)27-23-6-3-21(4-7-23)11-12-29-17-15-28(2)16-18-29/h3-8,19-20H,9-18H2,1-2H3,(H,27,31). The lowest BCUT2D eigenvalue weighted by Gasteiger charge is -2.32. The van der Waals surface area contributed by atoms with E-state index in [2.05, 4.69) is 51.1 Å². The number of nitrogens with one attached hydrogen (secondary N) is 1. The molecule has 0 bridgehead atoms. The second-order valence-electron chi connectivity index (χ2n) is 9.12. The number of aromatic nitrogens is 1. The maximum absolute atomic E-state index is 12.6. The van der Waals surface area contributed by atoms with Crippen LogP contribution in [-0.4, -0.2) is 73.6 Å². The molecule has 6 heteroatoms. The molecular weight excluding hydrogens is 386 g/mol. The van der Waals surface area contributed by atoms with E-state index in [0.717, 1.165) is 69.7 Å². The molecule has 4 rings (SSSR count). The third-order valence-corrected chi connectivity index (χ3v) is 6.64. The smallest absolute Gasteiger partial charge is 0.257 e. The van der Waals surface area contributed by atoms with Gasteiger partial charge < -0.3 is 20.0 Å². The first-order valence-corrected chi connectivity index (χ1v) is 11.6. The Kier molecular flexibility index (Phi) is 7.20. The molecule has 1 N–H and O–H groups in total. The van der Waals surface area contributed by atoms with E-state index in [4.69, 9.17) is 0 Å². The van der Waals surface area contributed by atoms with Crippen molar-refractivity contribution in [3.05, 3.63) is 53.7 Å². The molecule has 0 spiro atoms. The van der Waals surface area contributed by atoms with E-state index in [0.29, 0.717) is 5.56 Å². The van der Waals surface area contributed by atoms with Gasteiger partial charge in [0.15, 0.2) is 0 Å². The molecule has 0 atom stereocenters. The van der Waals surface area contributed by atoms with Crippen LogP contribution >= 0.6 is 0 Å². The summed E-state index contributed by atoms with van der Waals surface area (Å²) in [6.07, 6.45) is 5.14. The van der Waals surface area contributed by atoms with Gasteiger partial charge in [-0.15, -0.1) is 0 Å². The average Bonchev–Trinajstić information content (AvgIpc) is 2.80. The van der Waals surface area contributed by atoms with E-state index in [1.807, 2.05) is 24.3 Å². The van der Waals surface area contributed by atoms with Gasteiger partial charge >= 0.3 is 0 Å². The van der Waals surface area contributed by atoms with Crippen LogP contribution in [0.4, 0.5) is 11.5 Å². The van der Waals surface area contributed by atoms with Gasteiger partial charge in [-0.1, -0.05) is 19.1 Å². The summed E-state index contributed by atoms with van der Waals surface area (Å²) in [6.45, 7) is 10.1. The lowest BCUT2D eigenvalue weighted by molar-refractivity contribution is 0.102. The number of carbonyl (C=O) groups excluding carboxylic acids is 1. The van der Waals surface area contributed by atoms with Gasteiger partial charge in [0.1, 0.15) is 5.82 Å². The average molecular weight is 422 g/mol. The van der Waals surface area contributed by atoms with Crippen molar-refractivity contribution >= 4 is 17.4 Å². The van der Waals surface area contributed by atoms with E-state index in [1.165, 1.54) is 18.4 Å². The minimum atomic E-state index is -0.114. The molecule has 2 aliphatic rings. The molecule has 2 saturated heterocycles. The number of piperazine rings is 1. The summed E-state index contributed by atoms with van der Waals surface area (Å²) >= 11 is 0. The fourth-order valence-electron chi connectivity index (χ4n) is 4.26. The number of piperidine rings is 1. The number of amides is 1. The molecule has 0 saturated carbocycles. The first-order valence-electron chi connectivity index (χ1n) is 11.6. The molecule has 3 heterocycles. The van der Waals surface area contributed by atoms with Crippen molar-refractivity contribution in [2.24, 2.45) is 5.92 Å². The number of likely N-dealkylation sites (N-methyl/N-ethyl adjacent to an activating group) is 1. The highest BCUT2D eigenvalue weighted by Gasteiger charge is 2.17. The van der Waals surface area contributed by atoms with Gasteiger partial charge in [0, 0.05) is 57.7 Å². The zero-order chi connectivity index (χ0) is 21.6. The zero-order valence-corrected chi connectivity index (χ0v) is 18.9. The molecule has 2 aliphatic heterocycles. The van der Waals surface area contributed by atoms with Crippen molar-refractivity contribution in [3.8, 4) is 0 Å². The largest absolute Gasteiger partial charge is 0.357 e. The summed E-state index contributed by atoms with van der Waals surface area (Å²) in [5.41, 5.74) is 2.72.